The maximum Gasteiger partial charge on any atom is 0.255 e. The summed E-state index contributed by atoms with van der Waals surface area (Å²) >= 11 is 6.16. The summed E-state index contributed by atoms with van der Waals surface area (Å²) in [5, 5.41) is 10.6. The SMILES string of the molecule is Cc1cnn(CC(=O)N2CCCCNC(=O)c3cc(Cl)ccc3OC[C@@H](Cc3ccccc3)NC(=O)C2)c1. The molecule has 3 amide bonds. The first-order valence-electron chi connectivity index (χ1n) is 12.7. The van der Waals surface area contributed by atoms with Crippen LogP contribution in [-0.2, 0) is 22.6 Å². The van der Waals surface area contributed by atoms with E-state index < -0.39 is 6.04 Å². The molecular formula is C28H32ClN5O4. The lowest BCUT2D eigenvalue weighted by molar-refractivity contribution is -0.137. The Morgan fingerprint density at radius 2 is 1.97 bits per heavy atom. The molecule has 1 aromatic heterocycles. The van der Waals surface area contributed by atoms with Crippen molar-refractivity contribution in [3.63, 3.8) is 0 Å². The molecule has 2 aromatic carbocycles. The van der Waals surface area contributed by atoms with E-state index in [1.165, 1.54) is 0 Å². The third kappa shape index (κ3) is 7.82. The zero-order chi connectivity index (χ0) is 26.9. The van der Waals surface area contributed by atoms with Crippen LogP contribution < -0.4 is 15.4 Å². The van der Waals surface area contributed by atoms with Gasteiger partial charge in [-0.25, -0.2) is 0 Å². The molecule has 9 nitrogen and oxygen atoms in total. The van der Waals surface area contributed by atoms with Gasteiger partial charge in [-0.05, 0) is 55.5 Å². The molecule has 0 saturated carbocycles. The first-order valence-corrected chi connectivity index (χ1v) is 13.1. The number of benzene rings is 2. The molecule has 0 bridgehead atoms. The van der Waals surface area contributed by atoms with Crippen LogP contribution in [0, 0.1) is 6.92 Å². The van der Waals surface area contributed by atoms with E-state index in [2.05, 4.69) is 15.7 Å². The van der Waals surface area contributed by atoms with E-state index in [4.69, 9.17) is 16.3 Å². The first kappa shape index (κ1) is 27.2. The minimum Gasteiger partial charge on any atom is -0.491 e. The van der Waals surface area contributed by atoms with Gasteiger partial charge in [-0.2, -0.15) is 5.10 Å². The summed E-state index contributed by atoms with van der Waals surface area (Å²) < 4.78 is 7.62. The van der Waals surface area contributed by atoms with Crippen molar-refractivity contribution in [3.8, 4) is 5.75 Å². The van der Waals surface area contributed by atoms with E-state index in [1.54, 1.807) is 40.2 Å². The predicted molar refractivity (Wildman–Crippen MR) is 144 cm³/mol. The second-order valence-corrected chi connectivity index (χ2v) is 9.84. The number of nitrogens with zero attached hydrogens (tertiary/aromatic N) is 3. The van der Waals surface area contributed by atoms with Gasteiger partial charge in [-0.3, -0.25) is 19.1 Å². The van der Waals surface area contributed by atoms with Crippen LogP contribution in [-0.4, -0.2) is 64.7 Å². The summed E-state index contributed by atoms with van der Waals surface area (Å²) in [6, 6.07) is 14.3. The Labute approximate surface area is 227 Å². The van der Waals surface area contributed by atoms with Gasteiger partial charge in [0.2, 0.25) is 11.8 Å². The summed E-state index contributed by atoms with van der Waals surface area (Å²) in [5.41, 5.74) is 2.31. The monoisotopic (exact) mass is 537 g/mol. The molecule has 10 heteroatoms. The number of nitrogens with one attached hydrogen (secondary N) is 2. The molecule has 0 saturated heterocycles. The third-order valence-electron chi connectivity index (χ3n) is 6.20. The van der Waals surface area contributed by atoms with E-state index in [1.807, 2.05) is 37.3 Å². The molecule has 1 aliphatic heterocycles. The van der Waals surface area contributed by atoms with Gasteiger partial charge in [-0.1, -0.05) is 41.9 Å². The van der Waals surface area contributed by atoms with Gasteiger partial charge in [0.1, 0.15) is 18.9 Å². The van der Waals surface area contributed by atoms with Gasteiger partial charge in [0, 0.05) is 24.3 Å². The fourth-order valence-electron chi connectivity index (χ4n) is 4.30. The summed E-state index contributed by atoms with van der Waals surface area (Å²) in [6.07, 6.45) is 5.24. The highest BCUT2D eigenvalue weighted by molar-refractivity contribution is 6.31. The van der Waals surface area contributed by atoms with Crippen molar-refractivity contribution in [2.75, 3.05) is 26.2 Å². The lowest BCUT2D eigenvalue weighted by Gasteiger charge is -2.25. The van der Waals surface area contributed by atoms with Crippen molar-refractivity contribution in [3.05, 3.63) is 82.6 Å². The van der Waals surface area contributed by atoms with Crippen LogP contribution in [0.15, 0.2) is 60.9 Å². The average molecular weight is 538 g/mol. The minimum atomic E-state index is -0.396. The minimum absolute atomic E-state index is 0.0461. The van der Waals surface area contributed by atoms with Crippen LogP contribution >= 0.6 is 11.6 Å². The summed E-state index contributed by atoms with van der Waals surface area (Å²) in [5.74, 6) is -0.377. The Balaban J connectivity index is 1.54. The van der Waals surface area contributed by atoms with E-state index in [9.17, 15) is 14.4 Å². The highest BCUT2D eigenvalue weighted by Crippen LogP contribution is 2.23. The van der Waals surface area contributed by atoms with Crippen LogP contribution in [0.5, 0.6) is 5.75 Å². The highest BCUT2D eigenvalue weighted by Gasteiger charge is 2.22. The Kier molecular flexibility index (Phi) is 9.37. The molecule has 0 unspecified atom stereocenters. The number of carbonyl (C=O) groups is 3. The third-order valence-corrected chi connectivity index (χ3v) is 6.44. The number of halogens is 1. The van der Waals surface area contributed by atoms with E-state index in [-0.39, 0.29) is 37.4 Å². The Bertz CT molecular complexity index is 1260. The molecule has 3 aromatic rings. The quantitative estimate of drug-likeness (QED) is 0.532. The van der Waals surface area contributed by atoms with Crippen molar-refractivity contribution >= 4 is 29.3 Å². The zero-order valence-electron chi connectivity index (χ0n) is 21.4. The van der Waals surface area contributed by atoms with Gasteiger partial charge in [0.25, 0.3) is 5.91 Å². The number of hydrogen-bond acceptors (Lipinski definition) is 5. The van der Waals surface area contributed by atoms with Crippen molar-refractivity contribution in [2.45, 2.75) is 38.8 Å². The Morgan fingerprint density at radius 3 is 2.74 bits per heavy atom. The maximum absolute atomic E-state index is 13.2. The van der Waals surface area contributed by atoms with Gasteiger partial charge < -0.3 is 20.3 Å². The van der Waals surface area contributed by atoms with Crippen molar-refractivity contribution in [1.29, 1.82) is 0 Å². The second kappa shape index (κ2) is 13.1. The topological polar surface area (TPSA) is 106 Å². The maximum atomic E-state index is 13.2. The van der Waals surface area contributed by atoms with Crippen LogP contribution in [0.2, 0.25) is 5.02 Å². The largest absolute Gasteiger partial charge is 0.491 e. The second-order valence-electron chi connectivity index (χ2n) is 9.40. The smallest absolute Gasteiger partial charge is 0.255 e. The first-order chi connectivity index (χ1) is 18.4. The molecule has 38 heavy (non-hydrogen) atoms. The lowest BCUT2D eigenvalue weighted by atomic mass is 10.1. The number of hydrogen-bond donors (Lipinski definition) is 2. The number of rotatable bonds is 4. The molecule has 0 fully saturated rings. The average Bonchev–Trinajstić information content (AvgIpc) is 3.30. The normalized spacial score (nSPS) is 17.3. The number of aryl methyl sites for hydroxylation is 1. The molecular weight excluding hydrogens is 506 g/mol. The summed E-state index contributed by atoms with van der Waals surface area (Å²) in [6.45, 7) is 2.79. The number of carbonyl (C=O) groups excluding carboxylic acids is 3. The van der Waals surface area contributed by atoms with E-state index in [0.717, 1.165) is 11.1 Å². The van der Waals surface area contributed by atoms with Gasteiger partial charge in [-0.15, -0.1) is 0 Å². The molecule has 1 aliphatic rings. The Morgan fingerprint density at radius 1 is 1.16 bits per heavy atom. The molecule has 2 N–H and O–H groups in total. The Hall–Kier alpha value is -3.85. The highest BCUT2D eigenvalue weighted by atomic mass is 35.5. The van der Waals surface area contributed by atoms with Crippen molar-refractivity contribution < 1.29 is 19.1 Å². The number of amides is 3. The number of ether oxygens (including phenoxy) is 1. The van der Waals surface area contributed by atoms with Gasteiger partial charge >= 0.3 is 0 Å². The number of fused-ring (bicyclic) bond motifs is 1. The van der Waals surface area contributed by atoms with Crippen LogP contribution in [0.3, 0.4) is 0 Å². The van der Waals surface area contributed by atoms with Crippen molar-refractivity contribution in [2.24, 2.45) is 0 Å². The van der Waals surface area contributed by atoms with Crippen LogP contribution in [0.25, 0.3) is 0 Å². The molecule has 0 radical (unpaired) electrons. The summed E-state index contributed by atoms with van der Waals surface area (Å²) in [4.78, 5) is 40.7. The standard InChI is InChI=1S/C28H32ClN5O4/c1-20-15-31-34(16-20)18-27(36)33-12-6-5-11-30-28(37)24-14-22(29)9-10-25(24)38-19-23(32-26(35)17-33)13-21-7-3-2-4-8-21/h2-4,7-10,14-16,23H,5-6,11-13,17-19H2,1H3,(H,30,37)(H,32,35)/t23-/m1/s1. The lowest BCUT2D eigenvalue weighted by Crippen LogP contribution is -2.47. The number of aromatic nitrogens is 2. The zero-order valence-corrected chi connectivity index (χ0v) is 22.1. The fraction of sp³-hybridized carbons (Fsp3) is 0.357. The van der Waals surface area contributed by atoms with Gasteiger partial charge in [0.15, 0.2) is 0 Å². The molecule has 0 aliphatic carbocycles. The van der Waals surface area contributed by atoms with E-state index >= 15 is 0 Å². The van der Waals surface area contributed by atoms with E-state index in [0.29, 0.717) is 48.7 Å². The van der Waals surface area contributed by atoms with Gasteiger partial charge in [0.05, 0.1) is 24.3 Å². The fourth-order valence-corrected chi connectivity index (χ4v) is 4.47. The molecule has 1 atom stereocenters. The van der Waals surface area contributed by atoms with Crippen LogP contribution in [0.1, 0.15) is 34.3 Å². The molecule has 0 spiro atoms. The predicted octanol–water partition coefficient (Wildman–Crippen LogP) is 3.00. The van der Waals surface area contributed by atoms with Crippen molar-refractivity contribution in [1.82, 2.24) is 25.3 Å². The molecule has 200 valence electrons. The molecule has 4 rings (SSSR count). The van der Waals surface area contributed by atoms with Crippen LogP contribution in [0.4, 0.5) is 0 Å². The molecule has 2 heterocycles. The summed E-state index contributed by atoms with van der Waals surface area (Å²) in [7, 11) is 0.